The maximum absolute atomic E-state index is 12.6. The van der Waals surface area contributed by atoms with E-state index in [4.69, 9.17) is 23.2 Å². The minimum Gasteiger partial charge on any atom is -0.376 e. The Hall–Kier alpha value is -2.58. The fourth-order valence-corrected chi connectivity index (χ4v) is 3.96. The first kappa shape index (κ1) is 18.8. The van der Waals surface area contributed by atoms with Gasteiger partial charge in [0.15, 0.2) is 5.65 Å². The molecule has 0 bridgehead atoms. The molecular weight excluding hydrogens is 401 g/mol. The summed E-state index contributed by atoms with van der Waals surface area (Å²) < 4.78 is 0. The molecule has 1 fully saturated rings. The van der Waals surface area contributed by atoms with E-state index < -0.39 is 0 Å². The molecule has 3 aromatic rings. The standard InChI is InChI=1S/C18H19Cl2N7O/c1-26(18-15-7-24-25-17(15)22-10-23-18)14-2-3-27(9-14)16(28)8-21-13-5-11(19)4-12(20)6-13/h4-7,10,14,21H,2-3,8-9H2,1H3,(H,22,23,24,25)/t14-/m0/s1. The number of halogens is 2. The highest BCUT2D eigenvalue weighted by molar-refractivity contribution is 6.35. The molecule has 2 N–H and O–H groups in total. The number of nitrogens with zero attached hydrogens (tertiary/aromatic N) is 5. The molecule has 0 radical (unpaired) electrons. The number of aromatic amines is 1. The van der Waals surface area contributed by atoms with Crippen LogP contribution in [0.3, 0.4) is 0 Å². The van der Waals surface area contributed by atoms with Crippen LogP contribution in [0.25, 0.3) is 11.0 Å². The van der Waals surface area contributed by atoms with Crippen LogP contribution in [0, 0.1) is 0 Å². The number of carbonyl (C=O) groups is 1. The van der Waals surface area contributed by atoms with E-state index in [1.807, 2.05) is 11.9 Å². The third-order valence-electron chi connectivity index (χ3n) is 4.93. The first-order valence-electron chi connectivity index (χ1n) is 8.86. The van der Waals surface area contributed by atoms with Gasteiger partial charge < -0.3 is 15.1 Å². The van der Waals surface area contributed by atoms with Gasteiger partial charge in [-0.1, -0.05) is 23.2 Å². The molecule has 4 rings (SSSR count). The molecule has 1 amide bonds. The number of amides is 1. The van der Waals surface area contributed by atoms with Crippen molar-refractivity contribution in [3.05, 3.63) is 40.8 Å². The highest BCUT2D eigenvalue weighted by Gasteiger charge is 2.30. The van der Waals surface area contributed by atoms with Crippen LogP contribution in [0.4, 0.5) is 11.5 Å². The summed E-state index contributed by atoms with van der Waals surface area (Å²) in [5, 5.41) is 11.9. The van der Waals surface area contributed by atoms with Gasteiger partial charge in [-0.15, -0.1) is 0 Å². The molecule has 8 nitrogen and oxygen atoms in total. The molecule has 3 heterocycles. The van der Waals surface area contributed by atoms with Crippen LogP contribution in [0.2, 0.25) is 10.0 Å². The molecule has 146 valence electrons. The van der Waals surface area contributed by atoms with Crippen molar-refractivity contribution in [2.45, 2.75) is 12.5 Å². The Bertz CT molecular complexity index is 988. The first-order chi connectivity index (χ1) is 13.5. The first-order valence-corrected chi connectivity index (χ1v) is 9.61. The monoisotopic (exact) mass is 419 g/mol. The average molecular weight is 420 g/mol. The quantitative estimate of drug-likeness (QED) is 0.660. The van der Waals surface area contributed by atoms with Crippen LogP contribution in [-0.2, 0) is 4.79 Å². The van der Waals surface area contributed by atoms with Crippen molar-refractivity contribution in [1.29, 1.82) is 0 Å². The highest BCUT2D eigenvalue weighted by atomic mass is 35.5. The number of benzene rings is 1. The van der Waals surface area contributed by atoms with Gasteiger partial charge in [0, 0.05) is 41.9 Å². The Labute approximate surface area is 171 Å². The van der Waals surface area contributed by atoms with E-state index in [-0.39, 0.29) is 18.5 Å². The number of nitrogens with one attached hydrogen (secondary N) is 2. The third kappa shape index (κ3) is 3.83. The Morgan fingerprint density at radius 2 is 2.11 bits per heavy atom. The molecule has 0 saturated carbocycles. The Kier molecular flexibility index (Phi) is 5.23. The topological polar surface area (TPSA) is 90.0 Å². The molecule has 1 atom stereocenters. The number of likely N-dealkylation sites (N-methyl/N-ethyl adjacent to an activating group) is 1. The van der Waals surface area contributed by atoms with Gasteiger partial charge in [0.1, 0.15) is 12.1 Å². The predicted molar refractivity (Wildman–Crippen MR) is 110 cm³/mol. The summed E-state index contributed by atoms with van der Waals surface area (Å²) in [5.74, 6) is 0.841. The Balaban J connectivity index is 1.38. The molecular formula is C18H19Cl2N7O. The van der Waals surface area contributed by atoms with Gasteiger partial charge in [-0.25, -0.2) is 9.97 Å². The number of likely N-dealkylation sites (tertiary alicyclic amines) is 1. The summed E-state index contributed by atoms with van der Waals surface area (Å²) in [5.41, 5.74) is 1.43. The molecule has 2 aromatic heterocycles. The van der Waals surface area contributed by atoms with Crippen LogP contribution in [0.5, 0.6) is 0 Å². The molecule has 1 saturated heterocycles. The second-order valence-corrected chi connectivity index (χ2v) is 7.61. The van der Waals surface area contributed by atoms with Crippen molar-refractivity contribution in [2.75, 3.05) is 36.9 Å². The van der Waals surface area contributed by atoms with Gasteiger partial charge in [0.2, 0.25) is 5.91 Å². The minimum atomic E-state index is 0.0307. The maximum atomic E-state index is 12.6. The number of hydrogen-bond donors (Lipinski definition) is 2. The highest BCUT2D eigenvalue weighted by Crippen LogP contribution is 2.26. The molecule has 0 spiro atoms. The summed E-state index contributed by atoms with van der Waals surface area (Å²) in [7, 11) is 1.99. The van der Waals surface area contributed by atoms with E-state index in [0.717, 1.165) is 23.3 Å². The van der Waals surface area contributed by atoms with Crippen molar-refractivity contribution < 1.29 is 4.79 Å². The smallest absolute Gasteiger partial charge is 0.241 e. The van der Waals surface area contributed by atoms with E-state index in [1.165, 1.54) is 6.33 Å². The Morgan fingerprint density at radius 1 is 1.32 bits per heavy atom. The molecule has 0 aliphatic carbocycles. The van der Waals surface area contributed by atoms with Crippen molar-refractivity contribution in [3.63, 3.8) is 0 Å². The van der Waals surface area contributed by atoms with Gasteiger partial charge >= 0.3 is 0 Å². The third-order valence-corrected chi connectivity index (χ3v) is 5.37. The van der Waals surface area contributed by atoms with Gasteiger partial charge in [-0.3, -0.25) is 9.89 Å². The minimum absolute atomic E-state index is 0.0307. The van der Waals surface area contributed by atoms with Crippen LogP contribution in [-0.4, -0.2) is 63.7 Å². The average Bonchev–Trinajstić information content (AvgIpc) is 3.34. The summed E-state index contributed by atoms with van der Waals surface area (Å²) >= 11 is 12.0. The normalized spacial score (nSPS) is 16.5. The lowest BCUT2D eigenvalue weighted by molar-refractivity contribution is -0.128. The summed E-state index contributed by atoms with van der Waals surface area (Å²) in [6, 6.07) is 5.32. The van der Waals surface area contributed by atoms with Crippen LogP contribution in [0.1, 0.15) is 6.42 Å². The second-order valence-electron chi connectivity index (χ2n) is 6.73. The SMILES string of the molecule is CN(c1ncnc2[nH]ncc12)[C@H]1CCN(C(=O)CNc2cc(Cl)cc(Cl)c2)C1. The molecule has 1 aromatic carbocycles. The zero-order valence-corrected chi connectivity index (χ0v) is 16.7. The molecule has 10 heteroatoms. The second kappa shape index (κ2) is 7.81. The number of H-pyrrole nitrogens is 1. The summed E-state index contributed by atoms with van der Waals surface area (Å²) in [6.45, 7) is 1.52. The van der Waals surface area contributed by atoms with Crippen molar-refractivity contribution in [3.8, 4) is 0 Å². The largest absolute Gasteiger partial charge is 0.376 e. The van der Waals surface area contributed by atoms with Crippen molar-refractivity contribution in [1.82, 2.24) is 25.1 Å². The lowest BCUT2D eigenvalue weighted by Crippen LogP contribution is -2.39. The van der Waals surface area contributed by atoms with Crippen LogP contribution >= 0.6 is 23.2 Å². The maximum Gasteiger partial charge on any atom is 0.241 e. The van der Waals surface area contributed by atoms with Crippen LogP contribution < -0.4 is 10.2 Å². The Morgan fingerprint density at radius 3 is 2.89 bits per heavy atom. The fourth-order valence-electron chi connectivity index (χ4n) is 3.44. The number of rotatable bonds is 5. The zero-order valence-electron chi connectivity index (χ0n) is 15.2. The molecule has 1 aliphatic rings. The number of aromatic nitrogens is 4. The van der Waals surface area contributed by atoms with E-state index >= 15 is 0 Å². The van der Waals surface area contributed by atoms with E-state index in [2.05, 4.69) is 30.4 Å². The van der Waals surface area contributed by atoms with Gasteiger partial charge in [0.05, 0.1) is 18.1 Å². The molecule has 28 heavy (non-hydrogen) atoms. The van der Waals surface area contributed by atoms with Crippen molar-refractivity contribution >= 4 is 51.6 Å². The zero-order chi connectivity index (χ0) is 19.7. The van der Waals surface area contributed by atoms with Gasteiger partial charge in [-0.2, -0.15) is 5.10 Å². The predicted octanol–water partition coefficient (Wildman–Crippen LogP) is 2.81. The molecule has 1 aliphatic heterocycles. The number of carbonyl (C=O) groups excluding carboxylic acids is 1. The van der Waals surface area contributed by atoms with E-state index in [1.54, 1.807) is 24.4 Å². The molecule has 0 unspecified atom stereocenters. The van der Waals surface area contributed by atoms with Crippen LogP contribution in [0.15, 0.2) is 30.7 Å². The van der Waals surface area contributed by atoms with Gasteiger partial charge in [0.25, 0.3) is 0 Å². The number of anilines is 2. The lowest BCUT2D eigenvalue weighted by atomic mass is 10.2. The van der Waals surface area contributed by atoms with E-state index in [9.17, 15) is 4.79 Å². The van der Waals surface area contributed by atoms with Crippen molar-refractivity contribution in [2.24, 2.45) is 0 Å². The van der Waals surface area contributed by atoms with Gasteiger partial charge in [-0.05, 0) is 24.6 Å². The summed E-state index contributed by atoms with van der Waals surface area (Å²) in [6.07, 6.45) is 4.11. The number of hydrogen-bond acceptors (Lipinski definition) is 6. The van der Waals surface area contributed by atoms with E-state index in [0.29, 0.717) is 28.8 Å². The number of fused-ring (bicyclic) bond motifs is 1. The summed E-state index contributed by atoms with van der Waals surface area (Å²) in [4.78, 5) is 25.1. The fraction of sp³-hybridized carbons (Fsp3) is 0.333. The lowest BCUT2D eigenvalue weighted by Gasteiger charge is -2.26.